The van der Waals surface area contributed by atoms with E-state index < -0.39 is 0 Å². The molecule has 0 bridgehead atoms. The molecule has 3 rings (SSSR count). The van der Waals surface area contributed by atoms with Crippen LogP contribution in [0.3, 0.4) is 0 Å². The van der Waals surface area contributed by atoms with Crippen LogP contribution >= 0.6 is 11.6 Å². The monoisotopic (exact) mass is 398 g/mol. The Bertz CT molecular complexity index is 982. The molecule has 0 aliphatic heterocycles. The van der Waals surface area contributed by atoms with Crippen LogP contribution in [0.4, 0.5) is 17.3 Å². The summed E-state index contributed by atoms with van der Waals surface area (Å²) in [4.78, 5) is 22.8. The molecular formula is C20H19ClN4O3. The number of benzene rings is 2. The number of anilines is 3. The van der Waals surface area contributed by atoms with Crippen LogP contribution in [0.5, 0.6) is 11.5 Å². The summed E-state index contributed by atoms with van der Waals surface area (Å²) in [6, 6.07) is 14.2. The molecule has 1 aromatic heterocycles. The highest BCUT2D eigenvalue weighted by Gasteiger charge is 2.17. The summed E-state index contributed by atoms with van der Waals surface area (Å²) >= 11 is 6.13. The molecule has 0 saturated carbocycles. The van der Waals surface area contributed by atoms with Crippen molar-refractivity contribution in [2.45, 2.75) is 0 Å². The Morgan fingerprint density at radius 3 is 2.46 bits per heavy atom. The Kier molecular flexibility index (Phi) is 5.96. The molecule has 0 aliphatic carbocycles. The average molecular weight is 399 g/mol. The zero-order valence-electron chi connectivity index (χ0n) is 15.6. The predicted molar refractivity (Wildman–Crippen MR) is 109 cm³/mol. The van der Waals surface area contributed by atoms with E-state index in [9.17, 15) is 4.79 Å². The second kappa shape index (κ2) is 8.58. The molecular weight excluding hydrogens is 380 g/mol. The highest BCUT2D eigenvalue weighted by molar-refractivity contribution is 6.32. The Balaban J connectivity index is 1.87. The number of halogens is 1. The fourth-order valence-corrected chi connectivity index (χ4v) is 2.79. The summed E-state index contributed by atoms with van der Waals surface area (Å²) in [7, 11) is 4.74. The second-order valence-electron chi connectivity index (χ2n) is 5.78. The highest BCUT2D eigenvalue weighted by Crippen LogP contribution is 2.36. The number of amides is 1. The summed E-state index contributed by atoms with van der Waals surface area (Å²) < 4.78 is 10.6. The summed E-state index contributed by atoms with van der Waals surface area (Å²) in [5.74, 6) is 0.959. The lowest BCUT2D eigenvalue weighted by molar-refractivity contribution is 0.0988. The fraction of sp³-hybridized carbons (Fsp3) is 0.150. The Labute approximate surface area is 167 Å². The average Bonchev–Trinajstić information content (AvgIpc) is 2.74. The van der Waals surface area contributed by atoms with Gasteiger partial charge in [0.1, 0.15) is 17.2 Å². The largest absolute Gasteiger partial charge is 0.495 e. The van der Waals surface area contributed by atoms with Crippen LogP contribution in [-0.2, 0) is 0 Å². The first-order valence-corrected chi connectivity index (χ1v) is 8.76. The topological polar surface area (TPSA) is 76.6 Å². The molecule has 28 heavy (non-hydrogen) atoms. The third-order valence-electron chi connectivity index (χ3n) is 4.04. The molecule has 3 aromatic rings. The van der Waals surface area contributed by atoms with Crippen molar-refractivity contribution in [2.75, 3.05) is 31.5 Å². The number of ether oxygens (including phenoxy) is 2. The number of carbonyl (C=O) groups excluding carboxylic acids is 1. The van der Waals surface area contributed by atoms with Crippen molar-refractivity contribution in [3.05, 3.63) is 65.4 Å². The van der Waals surface area contributed by atoms with Gasteiger partial charge in [0.25, 0.3) is 5.91 Å². The molecule has 0 spiro atoms. The van der Waals surface area contributed by atoms with Crippen molar-refractivity contribution in [2.24, 2.45) is 0 Å². The molecule has 2 aromatic carbocycles. The molecule has 0 unspecified atom stereocenters. The fourth-order valence-electron chi connectivity index (χ4n) is 2.56. The number of methoxy groups -OCH3 is 2. The zero-order valence-corrected chi connectivity index (χ0v) is 16.4. The molecule has 1 N–H and O–H groups in total. The van der Waals surface area contributed by atoms with Crippen LogP contribution in [-0.4, -0.2) is 37.1 Å². The smallest absolute Gasteiger partial charge is 0.276 e. The predicted octanol–water partition coefficient (Wildman–Crippen LogP) is 4.17. The first-order chi connectivity index (χ1) is 13.5. The van der Waals surface area contributed by atoms with Gasteiger partial charge in [0.05, 0.1) is 24.9 Å². The zero-order chi connectivity index (χ0) is 20.1. The van der Waals surface area contributed by atoms with Gasteiger partial charge < -0.3 is 19.7 Å². The molecule has 7 nitrogen and oxygen atoms in total. The molecule has 0 aliphatic rings. The quantitative estimate of drug-likeness (QED) is 0.671. The van der Waals surface area contributed by atoms with E-state index in [0.29, 0.717) is 22.2 Å². The van der Waals surface area contributed by atoms with E-state index in [1.54, 1.807) is 25.2 Å². The highest BCUT2D eigenvalue weighted by atomic mass is 35.5. The van der Waals surface area contributed by atoms with Crippen LogP contribution < -0.4 is 19.7 Å². The van der Waals surface area contributed by atoms with Crippen molar-refractivity contribution in [3.8, 4) is 11.5 Å². The van der Waals surface area contributed by atoms with Crippen molar-refractivity contribution in [1.29, 1.82) is 0 Å². The van der Waals surface area contributed by atoms with Crippen LogP contribution in [0.2, 0.25) is 5.02 Å². The van der Waals surface area contributed by atoms with Gasteiger partial charge >= 0.3 is 0 Å². The molecule has 1 amide bonds. The normalized spacial score (nSPS) is 10.3. The number of hydrogen-bond acceptors (Lipinski definition) is 6. The van der Waals surface area contributed by atoms with E-state index in [1.807, 2.05) is 30.3 Å². The van der Waals surface area contributed by atoms with Gasteiger partial charge in [-0.1, -0.05) is 29.8 Å². The maximum absolute atomic E-state index is 12.8. The van der Waals surface area contributed by atoms with Gasteiger partial charge in [0.2, 0.25) is 5.95 Å². The van der Waals surface area contributed by atoms with E-state index >= 15 is 0 Å². The molecule has 0 saturated heterocycles. The van der Waals surface area contributed by atoms with Crippen LogP contribution in [0, 0.1) is 0 Å². The SMILES string of the molecule is COc1cc(Nc2nccc(C(=O)N(C)c3ccccc3)n2)c(OC)cc1Cl. The molecule has 8 heteroatoms. The van der Waals surface area contributed by atoms with Gasteiger partial charge in [-0.15, -0.1) is 0 Å². The van der Waals surface area contributed by atoms with Gasteiger partial charge in [0, 0.05) is 31.1 Å². The number of carbonyl (C=O) groups is 1. The summed E-state index contributed by atoms with van der Waals surface area (Å²) in [6.07, 6.45) is 1.51. The lowest BCUT2D eigenvalue weighted by Crippen LogP contribution is -2.27. The minimum Gasteiger partial charge on any atom is -0.495 e. The standard InChI is InChI=1S/C20H19ClN4O3/c1-25(13-7-5-4-6-8-13)19(26)15-9-10-22-20(23-15)24-16-12-17(27-2)14(21)11-18(16)28-3/h4-12H,1-3H3,(H,22,23,24). The van der Waals surface area contributed by atoms with Crippen molar-refractivity contribution < 1.29 is 14.3 Å². The Morgan fingerprint density at radius 1 is 1.07 bits per heavy atom. The summed E-state index contributed by atoms with van der Waals surface area (Å²) in [5, 5.41) is 3.46. The number of nitrogens with zero attached hydrogens (tertiary/aromatic N) is 3. The van der Waals surface area contributed by atoms with Crippen molar-refractivity contribution in [3.63, 3.8) is 0 Å². The Morgan fingerprint density at radius 2 is 1.79 bits per heavy atom. The minimum atomic E-state index is -0.252. The third kappa shape index (κ3) is 4.15. The second-order valence-corrected chi connectivity index (χ2v) is 6.18. The number of rotatable bonds is 6. The van der Waals surface area contributed by atoms with E-state index in [2.05, 4.69) is 15.3 Å². The molecule has 0 atom stereocenters. The van der Waals surface area contributed by atoms with E-state index in [-0.39, 0.29) is 17.5 Å². The number of aromatic nitrogens is 2. The van der Waals surface area contributed by atoms with Gasteiger partial charge in [-0.2, -0.15) is 0 Å². The molecule has 144 valence electrons. The van der Waals surface area contributed by atoms with Gasteiger partial charge in [0.15, 0.2) is 0 Å². The van der Waals surface area contributed by atoms with E-state index in [4.69, 9.17) is 21.1 Å². The maximum atomic E-state index is 12.8. The number of hydrogen-bond donors (Lipinski definition) is 1. The lowest BCUT2D eigenvalue weighted by Gasteiger charge is -2.17. The first-order valence-electron chi connectivity index (χ1n) is 8.38. The van der Waals surface area contributed by atoms with Crippen LogP contribution in [0.25, 0.3) is 0 Å². The first kappa shape index (κ1) is 19.4. The molecule has 0 radical (unpaired) electrons. The van der Waals surface area contributed by atoms with Crippen LogP contribution in [0.15, 0.2) is 54.7 Å². The number of para-hydroxylation sites is 1. The summed E-state index contributed by atoms with van der Waals surface area (Å²) in [5.41, 5.74) is 1.58. The maximum Gasteiger partial charge on any atom is 0.276 e. The van der Waals surface area contributed by atoms with Gasteiger partial charge in [-0.05, 0) is 18.2 Å². The van der Waals surface area contributed by atoms with E-state index in [0.717, 1.165) is 5.69 Å². The summed E-state index contributed by atoms with van der Waals surface area (Å²) in [6.45, 7) is 0. The number of nitrogens with one attached hydrogen (secondary N) is 1. The van der Waals surface area contributed by atoms with E-state index in [1.165, 1.54) is 25.3 Å². The van der Waals surface area contributed by atoms with Gasteiger partial charge in [-0.25, -0.2) is 9.97 Å². The Hall–Kier alpha value is -3.32. The van der Waals surface area contributed by atoms with Crippen molar-refractivity contribution >= 4 is 34.8 Å². The van der Waals surface area contributed by atoms with Crippen LogP contribution in [0.1, 0.15) is 10.5 Å². The lowest BCUT2D eigenvalue weighted by atomic mass is 10.2. The van der Waals surface area contributed by atoms with Gasteiger partial charge in [-0.3, -0.25) is 4.79 Å². The molecule has 0 fully saturated rings. The minimum absolute atomic E-state index is 0.245. The third-order valence-corrected chi connectivity index (χ3v) is 4.34. The van der Waals surface area contributed by atoms with Crippen molar-refractivity contribution in [1.82, 2.24) is 9.97 Å². The molecule has 1 heterocycles.